The third kappa shape index (κ3) is 5.19. The molecule has 0 fully saturated rings. The molecule has 1 aromatic rings. The number of rotatable bonds is 8. The van der Waals surface area contributed by atoms with E-state index in [0.29, 0.717) is 28.9 Å². The maximum Gasteiger partial charge on any atom is 0.142 e. The van der Waals surface area contributed by atoms with E-state index in [1.165, 1.54) is 0 Å². The Bertz CT molecular complexity index is 395. The van der Waals surface area contributed by atoms with Gasteiger partial charge < -0.3 is 15.2 Å². The second-order valence-corrected chi connectivity index (χ2v) is 5.24. The van der Waals surface area contributed by atoms with Crippen LogP contribution in [0.2, 0.25) is 10.0 Å². The van der Waals surface area contributed by atoms with Crippen molar-refractivity contribution in [3.05, 3.63) is 27.7 Å². The van der Waals surface area contributed by atoms with Gasteiger partial charge in [0.05, 0.1) is 18.2 Å². The number of hydrogen-bond donors (Lipinski definition) is 2. The summed E-state index contributed by atoms with van der Waals surface area (Å²) < 4.78 is 5.68. The monoisotopic (exact) mass is 305 g/mol. The predicted octanol–water partition coefficient (Wildman–Crippen LogP) is 3.64. The fourth-order valence-corrected chi connectivity index (χ4v) is 2.29. The van der Waals surface area contributed by atoms with Gasteiger partial charge in [0.15, 0.2) is 0 Å². The van der Waals surface area contributed by atoms with Gasteiger partial charge in [0.25, 0.3) is 0 Å². The van der Waals surface area contributed by atoms with Crippen molar-refractivity contribution in [2.45, 2.75) is 39.3 Å². The van der Waals surface area contributed by atoms with Crippen molar-refractivity contribution >= 4 is 23.2 Å². The average Bonchev–Trinajstić information content (AvgIpc) is 2.38. The minimum atomic E-state index is 0.0665. The minimum absolute atomic E-state index is 0.0665. The molecular weight excluding hydrogens is 285 g/mol. The predicted molar refractivity (Wildman–Crippen MR) is 80.3 cm³/mol. The quantitative estimate of drug-likeness (QED) is 0.770. The molecule has 2 N–H and O–H groups in total. The highest BCUT2D eigenvalue weighted by molar-refractivity contribution is 6.35. The second-order valence-electron chi connectivity index (χ2n) is 4.39. The van der Waals surface area contributed by atoms with Crippen LogP contribution in [0, 0.1) is 0 Å². The molecule has 0 spiro atoms. The summed E-state index contributed by atoms with van der Waals surface area (Å²) in [6.07, 6.45) is 1.77. The van der Waals surface area contributed by atoms with Gasteiger partial charge in [0.1, 0.15) is 5.75 Å². The normalized spacial score (nSPS) is 12.5. The first-order valence-corrected chi connectivity index (χ1v) is 7.32. The lowest BCUT2D eigenvalue weighted by atomic mass is 10.1. The van der Waals surface area contributed by atoms with Crippen LogP contribution in [0.3, 0.4) is 0 Å². The van der Waals surface area contributed by atoms with Crippen molar-refractivity contribution in [2.24, 2.45) is 0 Å². The Morgan fingerprint density at radius 1 is 1.32 bits per heavy atom. The first-order chi connectivity index (χ1) is 9.12. The number of hydrogen-bond acceptors (Lipinski definition) is 3. The lowest BCUT2D eigenvalue weighted by Crippen LogP contribution is -2.31. The zero-order chi connectivity index (χ0) is 14.3. The van der Waals surface area contributed by atoms with Crippen LogP contribution in [0.4, 0.5) is 0 Å². The number of aliphatic hydroxyl groups is 1. The summed E-state index contributed by atoms with van der Waals surface area (Å²) in [7, 11) is 0. The Hall–Kier alpha value is -0.480. The molecule has 0 aromatic heterocycles. The Kier molecular flexibility index (Phi) is 7.54. The Morgan fingerprint density at radius 3 is 2.63 bits per heavy atom. The summed E-state index contributed by atoms with van der Waals surface area (Å²) >= 11 is 12.2. The molecule has 19 heavy (non-hydrogen) atoms. The lowest BCUT2D eigenvalue weighted by Gasteiger charge is -2.17. The van der Waals surface area contributed by atoms with Gasteiger partial charge in [-0.15, -0.1) is 0 Å². The zero-order valence-electron chi connectivity index (χ0n) is 11.4. The molecule has 1 atom stereocenters. The molecule has 0 amide bonds. The van der Waals surface area contributed by atoms with Crippen molar-refractivity contribution in [1.82, 2.24) is 5.32 Å². The van der Waals surface area contributed by atoms with E-state index in [1.807, 2.05) is 19.9 Å². The van der Waals surface area contributed by atoms with Crippen LogP contribution in [0.25, 0.3) is 0 Å². The van der Waals surface area contributed by atoms with Gasteiger partial charge in [-0.05, 0) is 25.0 Å². The highest BCUT2D eigenvalue weighted by Gasteiger charge is 2.12. The summed E-state index contributed by atoms with van der Waals surface area (Å²) in [5, 5.41) is 13.5. The van der Waals surface area contributed by atoms with Gasteiger partial charge >= 0.3 is 0 Å². The van der Waals surface area contributed by atoms with E-state index in [-0.39, 0.29) is 12.6 Å². The van der Waals surface area contributed by atoms with Gasteiger partial charge in [-0.25, -0.2) is 0 Å². The van der Waals surface area contributed by atoms with E-state index in [4.69, 9.17) is 27.9 Å². The van der Waals surface area contributed by atoms with E-state index < -0.39 is 0 Å². The van der Waals surface area contributed by atoms with Gasteiger partial charge in [-0.3, -0.25) is 0 Å². The summed E-state index contributed by atoms with van der Waals surface area (Å²) in [6, 6.07) is 3.59. The van der Waals surface area contributed by atoms with Crippen LogP contribution in [0.15, 0.2) is 12.1 Å². The van der Waals surface area contributed by atoms with Gasteiger partial charge in [-0.1, -0.05) is 37.0 Å². The number of benzene rings is 1. The first-order valence-electron chi connectivity index (χ1n) is 6.57. The van der Waals surface area contributed by atoms with E-state index in [0.717, 1.165) is 18.4 Å². The van der Waals surface area contributed by atoms with Gasteiger partial charge in [0, 0.05) is 23.2 Å². The zero-order valence-corrected chi connectivity index (χ0v) is 12.9. The van der Waals surface area contributed by atoms with E-state index >= 15 is 0 Å². The molecule has 0 bridgehead atoms. The maximum atomic E-state index is 9.18. The smallest absolute Gasteiger partial charge is 0.142 e. The third-order valence-corrected chi connectivity index (χ3v) is 3.33. The standard InChI is InChI=1S/C14H21Cl2NO2/c1-3-5-19-14-10(6-11(15)7-13(14)16)8-17-12(4-2)9-18/h6-7,12,17-18H,3-5,8-9H2,1-2H3. The van der Waals surface area contributed by atoms with Crippen LogP contribution in [-0.2, 0) is 6.54 Å². The van der Waals surface area contributed by atoms with Crippen molar-refractivity contribution in [1.29, 1.82) is 0 Å². The third-order valence-electron chi connectivity index (χ3n) is 2.83. The minimum Gasteiger partial charge on any atom is -0.492 e. The fourth-order valence-electron chi connectivity index (χ4n) is 1.70. The Labute approximate surface area is 124 Å². The molecule has 5 heteroatoms. The molecule has 0 aliphatic carbocycles. The summed E-state index contributed by atoms with van der Waals surface area (Å²) in [6.45, 7) is 5.36. The number of ether oxygens (including phenoxy) is 1. The van der Waals surface area contributed by atoms with Crippen molar-refractivity contribution in [3.8, 4) is 5.75 Å². The maximum absolute atomic E-state index is 9.18. The summed E-state index contributed by atoms with van der Waals surface area (Å²) in [4.78, 5) is 0. The summed E-state index contributed by atoms with van der Waals surface area (Å²) in [5.74, 6) is 0.674. The number of nitrogens with one attached hydrogen (secondary N) is 1. The molecule has 0 saturated heterocycles. The highest BCUT2D eigenvalue weighted by atomic mass is 35.5. The molecule has 1 rings (SSSR count). The molecule has 0 radical (unpaired) electrons. The van der Waals surface area contributed by atoms with Crippen LogP contribution >= 0.6 is 23.2 Å². The van der Waals surface area contributed by atoms with Crippen LogP contribution < -0.4 is 10.1 Å². The molecule has 0 heterocycles. The van der Waals surface area contributed by atoms with Gasteiger partial charge in [0.2, 0.25) is 0 Å². The SMILES string of the molecule is CCCOc1c(Cl)cc(Cl)cc1CNC(CC)CO. The van der Waals surface area contributed by atoms with Crippen molar-refractivity contribution in [3.63, 3.8) is 0 Å². The van der Waals surface area contributed by atoms with Crippen LogP contribution in [0.5, 0.6) is 5.75 Å². The fraction of sp³-hybridized carbons (Fsp3) is 0.571. The van der Waals surface area contributed by atoms with Gasteiger partial charge in [-0.2, -0.15) is 0 Å². The molecule has 0 saturated carbocycles. The average molecular weight is 306 g/mol. The Balaban J connectivity index is 2.84. The number of aliphatic hydroxyl groups excluding tert-OH is 1. The lowest BCUT2D eigenvalue weighted by molar-refractivity contribution is 0.237. The molecular formula is C14H21Cl2NO2. The molecule has 1 unspecified atom stereocenters. The van der Waals surface area contributed by atoms with Crippen LogP contribution in [-0.4, -0.2) is 24.4 Å². The molecule has 0 aliphatic heterocycles. The number of halogens is 2. The highest BCUT2D eigenvalue weighted by Crippen LogP contribution is 2.32. The molecule has 1 aromatic carbocycles. The topological polar surface area (TPSA) is 41.5 Å². The molecule has 108 valence electrons. The van der Waals surface area contributed by atoms with Crippen molar-refractivity contribution < 1.29 is 9.84 Å². The largest absolute Gasteiger partial charge is 0.492 e. The Morgan fingerprint density at radius 2 is 2.05 bits per heavy atom. The second kappa shape index (κ2) is 8.64. The first kappa shape index (κ1) is 16.6. The van der Waals surface area contributed by atoms with Crippen LogP contribution in [0.1, 0.15) is 32.3 Å². The van der Waals surface area contributed by atoms with E-state index in [9.17, 15) is 5.11 Å². The van der Waals surface area contributed by atoms with E-state index in [1.54, 1.807) is 6.07 Å². The van der Waals surface area contributed by atoms with E-state index in [2.05, 4.69) is 5.32 Å². The molecule has 0 aliphatic rings. The van der Waals surface area contributed by atoms with Crippen molar-refractivity contribution in [2.75, 3.05) is 13.2 Å². The molecule has 3 nitrogen and oxygen atoms in total. The summed E-state index contributed by atoms with van der Waals surface area (Å²) in [5.41, 5.74) is 0.915.